The van der Waals surface area contributed by atoms with Gasteiger partial charge in [-0.3, -0.25) is 9.59 Å². The maximum Gasteiger partial charge on any atom is 0.313 e. The first kappa shape index (κ1) is 19.5. The Morgan fingerprint density at radius 3 is 2.19 bits per heavy atom. The molecule has 10 heteroatoms. The highest BCUT2D eigenvalue weighted by Gasteiger charge is 2.14. The van der Waals surface area contributed by atoms with Gasteiger partial charge in [0, 0.05) is 17.1 Å². The predicted molar refractivity (Wildman–Crippen MR) is 96.2 cm³/mol. The van der Waals surface area contributed by atoms with Gasteiger partial charge in [0.1, 0.15) is 5.40 Å². The highest BCUT2D eigenvalue weighted by molar-refractivity contribution is 8.03. The average molecular weight is 390 g/mol. The summed E-state index contributed by atoms with van der Waals surface area (Å²) in [5, 5.41) is 20.4. The van der Waals surface area contributed by atoms with E-state index in [0.29, 0.717) is 11.3 Å². The van der Waals surface area contributed by atoms with E-state index >= 15 is 0 Å². The molecule has 0 fully saturated rings. The number of anilines is 1. The summed E-state index contributed by atoms with van der Waals surface area (Å²) in [7, 11) is -3.78. The zero-order valence-corrected chi connectivity index (χ0v) is 14.9. The Morgan fingerprint density at radius 1 is 1.04 bits per heavy atom. The predicted octanol–water partition coefficient (Wildman–Crippen LogP) is 1.16. The summed E-state index contributed by atoms with van der Waals surface area (Å²) >= 11 is 0.985. The summed E-state index contributed by atoms with van der Waals surface area (Å²) in [5.74, 6) is -1.68. The molecule has 0 atom stereocenters. The molecule has 0 spiro atoms. The number of hydrogen-bond donors (Lipinski definition) is 3. The van der Waals surface area contributed by atoms with Crippen LogP contribution in [0.4, 0.5) is 5.69 Å². The largest absolute Gasteiger partial charge is 0.344 e. The molecule has 26 heavy (non-hydrogen) atoms. The van der Waals surface area contributed by atoms with Crippen molar-refractivity contribution in [2.24, 2.45) is 5.14 Å². The molecule has 0 radical (unpaired) electrons. The summed E-state index contributed by atoms with van der Waals surface area (Å²) in [5.41, 5.74) is 1.03. The van der Waals surface area contributed by atoms with Gasteiger partial charge in [-0.15, -0.1) is 0 Å². The summed E-state index contributed by atoms with van der Waals surface area (Å²) in [6, 6.07) is 12.1. The van der Waals surface area contributed by atoms with Crippen molar-refractivity contribution in [1.82, 2.24) is 5.32 Å². The van der Waals surface area contributed by atoms with Crippen LogP contribution < -0.4 is 15.8 Å². The molecule has 4 N–H and O–H groups in total. The molecule has 2 rings (SSSR count). The lowest BCUT2D eigenvalue weighted by molar-refractivity contribution is -0.136. The van der Waals surface area contributed by atoms with Gasteiger partial charge in [0.15, 0.2) is 0 Å². The number of thioether (sulfide) groups is 1. The number of thiocyanates is 1. The maximum atomic E-state index is 11.9. The van der Waals surface area contributed by atoms with Crippen molar-refractivity contribution < 1.29 is 18.0 Å². The number of sulfonamides is 1. The summed E-state index contributed by atoms with van der Waals surface area (Å²) < 4.78 is 22.3. The highest BCUT2D eigenvalue weighted by Crippen LogP contribution is 2.18. The van der Waals surface area contributed by atoms with E-state index in [1.807, 2.05) is 5.40 Å². The van der Waals surface area contributed by atoms with E-state index < -0.39 is 21.8 Å². The van der Waals surface area contributed by atoms with Crippen molar-refractivity contribution in [3.8, 4) is 5.40 Å². The first-order chi connectivity index (χ1) is 12.3. The lowest BCUT2D eigenvalue weighted by atomic mass is 10.2. The second-order valence-electron chi connectivity index (χ2n) is 5.04. The second kappa shape index (κ2) is 8.48. The molecule has 0 aliphatic rings. The molecule has 2 aromatic carbocycles. The topological polar surface area (TPSA) is 142 Å². The molecule has 0 aromatic heterocycles. The second-order valence-corrected chi connectivity index (χ2v) is 7.46. The van der Waals surface area contributed by atoms with Gasteiger partial charge in [0.05, 0.1) is 4.90 Å². The van der Waals surface area contributed by atoms with Crippen LogP contribution in [0.3, 0.4) is 0 Å². The number of carbonyl (C=O) groups excluding carboxylic acids is 2. The molecule has 2 aromatic rings. The lowest BCUT2D eigenvalue weighted by Crippen LogP contribution is -2.34. The Balaban J connectivity index is 1.89. The minimum atomic E-state index is -3.78. The van der Waals surface area contributed by atoms with Crippen LogP contribution in [0.5, 0.6) is 0 Å². The Bertz CT molecular complexity index is 949. The Labute approximate surface area is 154 Å². The van der Waals surface area contributed by atoms with E-state index in [-0.39, 0.29) is 11.4 Å². The summed E-state index contributed by atoms with van der Waals surface area (Å²) in [6.07, 6.45) is 0. The van der Waals surface area contributed by atoms with Crippen LogP contribution in [0.1, 0.15) is 5.56 Å². The molecule has 0 bridgehead atoms. The Kier molecular flexibility index (Phi) is 6.35. The number of hydrogen-bond acceptors (Lipinski definition) is 6. The van der Waals surface area contributed by atoms with Crippen LogP contribution in [0.25, 0.3) is 0 Å². The van der Waals surface area contributed by atoms with E-state index in [2.05, 4.69) is 10.6 Å². The van der Waals surface area contributed by atoms with Gasteiger partial charge in [-0.1, -0.05) is 12.1 Å². The van der Waals surface area contributed by atoms with Crippen LogP contribution >= 0.6 is 11.8 Å². The van der Waals surface area contributed by atoms with Crippen LogP contribution in [0.2, 0.25) is 0 Å². The van der Waals surface area contributed by atoms with Crippen molar-refractivity contribution in [2.75, 3.05) is 5.32 Å². The lowest BCUT2D eigenvalue weighted by Gasteiger charge is -2.07. The zero-order chi connectivity index (χ0) is 19.2. The number of nitrogens with zero attached hydrogens (tertiary/aromatic N) is 1. The minimum absolute atomic E-state index is 0.0386. The summed E-state index contributed by atoms with van der Waals surface area (Å²) in [4.78, 5) is 24.4. The van der Waals surface area contributed by atoms with Gasteiger partial charge < -0.3 is 10.6 Å². The fourth-order valence-electron chi connectivity index (χ4n) is 1.91. The zero-order valence-electron chi connectivity index (χ0n) is 13.3. The molecule has 0 unspecified atom stereocenters. The van der Waals surface area contributed by atoms with Gasteiger partial charge >= 0.3 is 11.8 Å². The van der Waals surface area contributed by atoms with Crippen molar-refractivity contribution in [3.63, 3.8) is 0 Å². The fraction of sp³-hybridized carbons (Fsp3) is 0.0625. The monoisotopic (exact) mass is 390 g/mol. The van der Waals surface area contributed by atoms with Gasteiger partial charge in [-0.25, -0.2) is 13.6 Å². The molecule has 0 saturated carbocycles. The molecule has 0 aliphatic heterocycles. The highest BCUT2D eigenvalue weighted by atomic mass is 32.2. The maximum absolute atomic E-state index is 11.9. The molecule has 134 valence electrons. The first-order valence-corrected chi connectivity index (χ1v) is 9.53. The molecule has 0 heterocycles. The third kappa shape index (κ3) is 5.59. The van der Waals surface area contributed by atoms with Gasteiger partial charge in [-0.2, -0.15) is 5.26 Å². The third-order valence-electron chi connectivity index (χ3n) is 3.19. The van der Waals surface area contributed by atoms with E-state index in [1.165, 1.54) is 24.3 Å². The van der Waals surface area contributed by atoms with Crippen LogP contribution in [-0.2, 0) is 26.2 Å². The van der Waals surface area contributed by atoms with Gasteiger partial charge in [-0.05, 0) is 53.7 Å². The van der Waals surface area contributed by atoms with Crippen molar-refractivity contribution in [1.29, 1.82) is 5.26 Å². The van der Waals surface area contributed by atoms with Crippen LogP contribution in [0.15, 0.2) is 58.3 Å². The standard InChI is InChI=1S/C16H14N4O4S2/c17-10-25-13-5-3-12(4-6-13)20-16(22)15(21)19-9-11-1-7-14(8-2-11)26(18,23)24/h1-8H,9H2,(H,19,21)(H,20,22)(H2,18,23,24). The number of nitrogens with two attached hydrogens (primary N) is 1. The summed E-state index contributed by atoms with van der Waals surface area (Å²) in [6.45, 7) is 0.0505. The normalized spacial score (nSPS) is 10.6. The fourth-order valence-corrected chi connectivity index (χ4v) is 2.80. The van der Waals surface area contributed by atoms with Gasteiger partial charge in [0.25, 0.3) is 0 Å². The van der Waals surface area contributed by atoms with Gasteiger partial charge in [0.2, 0.25) is 10.0 Å². The Morgan fingerprint density at radius 2 is 1.65 bits per heavy atom. The number of rotatable bonds is 5. The van der Waals surface area contributed by atoms with Crippen molar-refractivity contribution >= 4 is 39.3 Å². The van der Waals surface area contributed by atoms with Crippen molar-refractivity contribution in [3.05, 3.63) is 54.1 Å². The first-order valence-electron chi connectivity index (χ1n) is 7.16. The number of benzene rings is 2. The molecule has 0 saturated heterocycles. The third-order valence-corrected chi connectivity index (χ3v) is 4.72. The molecule has 2 amide bonds. The minimum Gasteiger partial charge on any atom is -0.344 e. The average Bonchev–Trinajstić information content (AvgIpc) is 2.61. The number of amides is 2. The molecular formula is C16H14N4O4S2. The van der Waals surface area contributed by atoms with Crippen molar-refractivity contribution in [2.45, 2.75) is 16.3 Å². The van der Waals surface area contributed by atoms with Crippen LogP contribution in [0, 0.1) is 10.7 Å². The smallest absolute Gasteiger partial charge is 0.313 e. The SMILES string of the molecule is N#CSc1ccc(NC(=O)C(=O)NCc2ccc(S(N)(=O)=O)cc2)cc1. The van der Waals surface area contributed by atoms with E-state index in [4.69, 9.17) is 10.4 Å². The molecule has 8 nitrogen and oxygen atoms in total. The molecule has 0 aliphatic carbocycles. The Hall–Kier alpha value is -2.87. The quantitative estimate of drug-likeness (QED) is 0.397. The van der Waals surface area contributed by atoms with E-state index in [9.17, 15) is 18.0 Å². The van der Waals surface area contributed by atoms with Crippen LogP contribution in [-0.4, -0.2) is 20.2 Å². The number of nitriles is 1. The van der Waals surface area contributed by atoms with E-state index in [0.717, 1.165) is 16.7 Å². The number of primary sulfonamides is 1. The van der Waals surface area contributed by atoms with E-state index in [1.54, 1.807) is 24.3 Å². The number of nitrogens with one attached hydrogen (secondary N) is 2. The molecular weight excluding hydrogens is 376 g/mol. The number of carbonyl (C=O) groups is 2.